The number of hydrogen-bond donors (Lipinski definition) is 0. The molecule has 0 aliphatic carbocycles. The Morgan fingerprint density at radius 1 is 1.08 bits per heavy atom. The number of rotatable bonds is 2. The summed E-state index contributed by atoms with van der Waals surface area (Å²) < 4.78 is 0. The molecule has 0 saturated heterocycles. The van der Waals surface area contributed by atoms with Crippen LogP contribution in [0.4, 0.5) is 0 Å². The first-order chi connectivity index (χ1) is 6.35. The minimum atomic E-state index is 0.442. The first-order valence-corrected chi connectivity index (χ1v) is 3.38. The molecule has 1 rings (SSSR count). The summed E-state index contributed by atoms with van der Waals surface area (Å²) in [5.41, 5.74) is 22.5. The van der Waals surface area contributed by atoms with Crippen molar-refractivity contribution in [2.75, 3.05) is 0 Å². The molecule has 13 heavy (non-hydrogen) atoms. The van der Waals surface area contributed by atoms with Gasteiger partial charge >= 0.3 is 0 Å². The smallest absolute Gasteiger partial charge is 0.0510 e. The van der Waals surface area contributed by atoms with Crippen molar-refractivity contribution >= 4 is 0 Å². The van der Waals surface area contributed by atoms with Gasteiger partial charge in [0.15, 0.2) is 0 Å². The van der Waals surface area contributed by atoms with Gasteiger partial charge in [-0.25, -0.2) is 0 Å². The van der Waals surface area contributed by atoms with Crippen molar-refractivity contribution in [3.8, 4) is 0 Å². The highest BCUT2D eigenvalue weighted by Crippen LogP contribution is 1.99. The molecule has 0 unspecified atom stereocenters. The Balaban J connectivity index is 0.000000424. The normalized spacial score (nSPS) is 7.08. The first kappa shape index (κ1) is 10.8. The van der Waals surface area contributed by atoms with Crippen LogP contribution in [0.2, 0.25) is 0 Å². The highest BCUT2D eigenvalue weighted by Gasteiger charge is 1.83. The number of benzene rings is 1. The van der Waals surface area contributed by atoms with E-state index in [-0.39, 0.29) is 0 Å². The quantitative estimate of drug-likeness (QED) is 0.373. The van der Waals surface area contributed by atoms with E-state index in [2.05, 4.69) is 10.0 Å². The van der Waals surface area contributed by atoms with Crippen molar-refractivity contribution in [2.24, 2.45) is 5.11 Å². The first-order valence-electron chi connectivity index (χ1n) is 3.38. The van der Waals surface area contributed by atoms with E-state index in [4.69, 9.17) is 16.6 Å². The van der Waals surface area contributed by atoms with Crippen LogP contribution in [-0.2, 0) is 6.54 Å². The second-order valence-electron chi connectivity index (χ2n) is 1.96. The van der Waals surface area contributed by atoms with Crippen LogP contribution in [0.15, 0.2) is 35.4 Å². The Labute approximate surface area is 74.9 Å². The average Bonchev–Trinajstić information content (AvgIpc) is 2.18. The lowest BCUT2D eigenvalue weighted by Gasteiger charge is -1.90. The molecule has 0 radical (unpaired) electrons. The van der Waals surface area contributed by atoms with E-state index in [0.29, 0.717) is 6.54 Å². The number of hydrogen-bond acceptors (Lipinski definition) is 1. The van der Waals surface area contributed by atoms with Gasteiger partial charge in [0, 0.05) is 4.91 Å². The summed E-state index contributed by atoms with van der Waals surface area (Å²) in [5.74, 6) is 0. The van der Waals surface area contributed by atoms with Crippen LogP contribution < -0.4 is 0 Å². The summed E-state index contributed by atoms with van der Waals surface area (Å²) in [7, 11) is 0. The van der Waals surface area contributed by atoms with E-state index in [1.807, 2.05) is 30.3 Å². The molecular formula is C7H7N6-. The van der Waals surface area contributed by atoms with Gasteiger partial charge in [0.2, 0.25) is 0 Å². The summed E-state index contributed by atoms with van der Waals surface area (Å²) in [6.45, 7) is 0.442. The van der Waals surface area contributed by atoms with Gasteiger partial charge in [-0.3, -0.25) is 4.91 Å². The minimum Gasteiger partial charge on any atom is -0.373 e. The van der Waals surface area contributed by atoms with Crippen molar-refractivity contribution in [2.45, 2.75) is 6.54 Å². The zero-order valence-electron chi connectivity index (χ0n) is 6.78. The van der Waals surface area contributed by atoms with Crippen LogP contribution in [0.1, 0.15) is 5.56 Å². The third-order valence-electron chi connectivity index (χ3n) is 1.16. The van der Waals surface area contributed by atoms with E-state index in [9.17, 15) is 0 Å². The molecule has 6 nitrogen and oxygen atoms in total. The van der Waals surface area contributed by atoms with Gasteiger partial charge in [0.05, 0.1) is 6.54 Å². The van der Waals surface area contributed by atoms with Crippen LogP contribution in [0.5, 0.6) is 0 Å². The van der Waals surface area contributed by atoms with E-state index in [1.165, 1.54) is 4.91 Å². The molecule has 0 heterocycles. The van der Waals surface area contributed by atoms with Gasteiger partial charge in [-0.05, 0) is 11.1 Å². The van der Waals surface area contributed by atoms with Crippen LogP contribution in [0, 0.1) is 0 Å². The summed E-state index contributed by atoms with van der Waals surface area (Å²) in [6, 6.07) is 9.62. The van der Waals surface area contributed by atoms with Crippen LogP contribution >= 0.6 is 0 Å². The zero-order chi connectivity index (χ0) is 9.94. The fourth-order valence-corrected chi connectivity index (χ4v) is 0.697. The molecule has 6 heteroatoms. The van der Waals surface area contributed by atoms with Crippen molar-refractivity contribution in [3.63, 3.8) is 0 Å². The Morgan fingerprint density at radius 2 is 1.62 bits per heavy atom. The Hall–Kier alpha value is -2.16. The monoisotopic (exact) mass is 175 g/mol. The van der Waals surface area contributed by atoms with Gasteiger partial charge in [-0.1, -0.05) is 35.4 Å². The predicted octanol–water partition coefficient (Wildman–Crippen LogP) is 3.36. The fraction of sp³-hybridized carbons (Fsp3) is 0.143. The fourth-order valence-electron chi connectivity index (χ4n) is 0.697. The summed E-state index contributed by atoms with van der Waals surface area (Å²) in [4.78, 5) is 4.16. The second-order valence-corrected chi connectivity index (χ2v) is 1.96. The highest BCUT2D eigenvalue weighted by atomic mass is 15.1. The third kappa shape index (κ3) is 6.25. The standard InChI is InChI=1S/C7H7N3.N3/c8-10-9-6-7-4-2-1-3-5-7;1-3-2/h1-5H,6H2;/q;-1. The molecule has 0 aromatic heterocycles. The molecule has 0 atom stereocenters. The Morgan fingerprint density at radius 3 is 2.08 bits per heavy atom. The summed E-state index contributed by atoms with van der Waals surface area (Å²) in [5, 5.41) is 3.42. The maximum atomic E-state index is 7.99. The molecule has 0 fully saturated rings. The summed E-state index contributed by atoms with van der Waals surface area (Å²) in [6.07, 6.45) is 0. The van der Waals surface area contributed by atoms with Gasteiger partial charge in [0.25, 0.3) is 0 Å². The molecule has 1 aromatic rings. The van der Waals surface area contributed by atoms with Crippen molar-refractivity contribution in [1.29, 1.82) is 0 Å². The van der Waals surface area contributed by atoms with Crippen molar-refractivity contribution in [3.05, 3.63) is 62.3 Å². The SMILES string of the molecule is [N-]=[N+]=NCc1ccccc1.[N-]=[N+]=[N-]. The predicted molar refractivity (Wildman–Crippen MR) is 49.4 cm³/mol. The van der Waals surface area contributed by atoms with Crippen LogP contribution in [0.25, 0.3) is 26.4 Å². The molecule has 0 bridgehead atoms. The Kier molecular flexibility index (Phi) is 6.62. The molecule has 0 aliphatic rings. The van der Waals surface area contributed by atoms with E-state index < -0.39 is 0 Å². The molecule has 0 spiro atoms. The van der Waals surface area contributed by atoms with Crippen LogP contribution in [0.3, 0.4) is 0 Å². The molecule has 0 saturated carbocycles. The molecular weight excluding hydrogens is 168 g/mol. The zero-order valence-corrected chi connectivity index (χ0v) is 6.78. The molecule has 0 N–H and O–H groups in total. The maximum Gasteiger partial charge on any atom is 0.0510 e. The Bertz CT molecular complexity index is 307. The average molecular weight is 175 g/mol. The van der Waals surface area contributed by atoms with Gasteiger partial charge < -0.3 is 11.1 Å². The number of nitrogens with zero attached hydrogens (tertiary/aromatic N) is 6. The lowest BCUT2D eigenvalue weighted by atomic mass is 10.2. The molecule has 1 aromatic carbocycles. The maximum absolute atomic E-state index is 7.99. The van der Waals surface area contributed by atoms with Crippen molar-refractivity contribution in [1.82, 2.24) is 0 Å². The van der Waals surface area contributed by atoms with E-state index >= 15 is 0 Å². The topological polar surface area (TPSA) is 107 Å². The lowest BCUT2D eigenvalue weighted by molar-refractivity contribution is 1.05. The van der Waals surface area contributed by atoms with Gasteiger partial charge in [0.1, 0.15) is 0 Å². The lowest BCUT2D eigenvalue weighted by Crippen LogP contribution is -1.75. The molecule has 0 aliphatic heterocycles. The molecule has 66 valence electrons. The summed E-state index contributed by atoms with van der Waals surface area (Å²) >= 11 is 0. The van der Waals surface area contributed by atoms with Gasteiger partial charge in [-0.2, -0.15) is 0 Å². The van der Waals surface area contributed by atoms with Gasteiger partial charge in [-0.15, -0.1) is 0 Å². The minimum absolute atomic E-state index is 0.442. The van der Waals surface area contributed by atoms with Crippen molar-refractivity contribution < 1.29 is 0 Å². The van der Waals surface area contributed by atoms with E-state index in [1.54, 1.807) is 0 Å². The van der Waals surface area contributed by atoms with Crippen LogP contribution in [-0.4, -0.2) is 0 Å². The second kappa shape index (κ2) is 7.94. The largest absolute Gasteiger partial charge is 0.373 e. The number of azide groups is 1. The third-order valence-corrected chi connectivity index (χ3v) is 1.16. The molecule has 0 amide bonds. The van der Waals surface area contributed by atoms with E-state index in [0.717, 1.165) is 5.56 Å². The highest BCUT2D eigenvalue weighted by molar-refractivity contribution is 5.14.